The molecule has 1 saturated carbocycles. The topological polar surface area (TPSA) is 50.1 Å². The van der Waals surface area contributed by atoms with Gasteiger partial charge in [-0.2, -0.15) is 5.10 Å². The second-order valence-corrected chi connectivity index (χ2v) is 4.92. The number of aromatic nitrogens is 2. The van der Waals surface area contributed by atoms with Crippen LogP contribution in [-0.2, 0) is 6.42 Å². The van der Waals surface area contributed by atoms with Crippen LogP contribution in [0.15, 0.2) is 12.3 Å². The highest BCUT2D eigenvalue weighted by Gasteiger charge is 2.21. The van der Waals surface area contributed by atoms with Crippen LogP contribution in [0.4, 0.5) is 0 Å². The molecule has 1 unspecified atom stereocenters. The minimum Gasteiger partial charge on any atom is -0.391 e. The summed E-state index contributed by atoms with van der Waals surface area (Å²) >= 11 is 0. The average molecular weight is 223 g/mol. The molecule has 4 nitrogen and oxygen atoms in total. The van der Waals surface area contributed by atoms with E-state index in [9.17, 15) is 5.11 Å². The van der Waals surface area contributed by atoms with Gasteiger partial charge in [-0.05, 0) is 32.8 Å². The summed E-state index contributed by atoms with van der Waals surface area (Å²) in [5.74, 6) is 0. The molecule has 0 spiro atoms. The van der Waals surface area contributed by atoms with Crippen molar-refractivity contribution in [1.29, 1.82) is 0 Å². The van der Waals surface area contributed by atoms with Gasteiger partial charge in [0.2, 0.25) is 0 Å². The standard InChI is InChI=1S/C12H21N3O/c1-9(2)15-6-5-11(14-15)7-12(16)8-13-10-3-4-10/h5-6,9-10,12-13,16H,3-4,7-8H2,1-2H3. The fraction of sp³-hybridized carbons (Fsp3) is 0.750. The molecule has 1 aromatic rings. The van der Waals surface area contributed by atoms with Crippen molar-refractivity contribution in [2.24, 2.45) is 0 Å². The Bertz CT molecular complexity index is 331. The molecular weight excluding hydrogens is 202 g/mol. The van der Waals surface area contributed by atoms with Crippen molar-refractivity contribution in [2.75, 3.05) is 6.54 Å². The second kappa shape index (κ2) is 4.97. The third kappa shape index (κ3) is 3.32. The molecule has 90 valence electrons. The molecule has 1 aromatic heterocycles. The Balaban J connectivity index is 1.77. The summed E-state index contributed by atoms with van der Waals surface area (Å²) in [6, 6.07) is 3.03. The summed E-state index contributed by atoms with van der Waals surface area (Å²) in [4.78, 5) is 0. The van der Waals surface area contributed by atoms with Crippen LogP contribution in [0, 0.1) is 0 Å². The molecular formula is C12H21N3O. The van der Waals surface area contributed by atoms with Crippen LogP contribution in [-0.4, -0.2) is 33.6 Å². The fourth-order valence-corrected chi connectivity index (χ4v) is 1.68. The van der Waals surface area contributed by atoms with E-state index in [1.54, 1.807) is 0 Å². The lowest BCUT2D eigenvalue weighted by atomic mass is 10.2. The van der Waals surface area contributed by atoms with E-state index in [2.05, 4.69) is 24.3 Å². The molecule has 2 rings (SSSR count). The van der Waals surface area contributed by atoms with Crippen molar-refractivity contribution in [2.45, 2.75) is 51.3 Å². The molecule has 4 heteroatoms. The average Bonchev–Trinajstić information content (AvgIpc) is 2.95. The minimum atomic E-state index is -0.323. The van der Waals surface area contributed by atoms with Gasteiger partial charge in [-0.15, -0.1) is 0 Å². The molecule has 1 aliphatic rings. The lowest BCUT2D eigenvalue weighted by Gasteiger charge is -2.10. The van der Waals surface area contributed by atoms with Gasteiger partial charge in [-0.3, -0.25) is 4.68 Å². The first-order chi connectivity index (χ1) is 7.65. The highest BCUT2D eigenvalue weighted by Crippen LogP contribution is 2.18. The van der Waals surface area contributed by atoms with Gasteiger partial charge < -0.3 is 10.4 Å². The van der Waals surface area contributed by atoms with E-state index < -0.39 is 0 Å². The monoisotopic (exact) mass is 223 g/mol. The van der Waals surface area contributed by atoms with Gasteiger partial charge in [0.05, 0.1) is 11.8 Å². The van der Waals surface area contributed by atoms with E-state index >= 15 is 0 Å². The van der Waals surface area contributed by atoms with Gasteiger partial charge in [0.1, 0.15) is 0 Å². The Morgan fingerprint density at radius 1 is 1.56 bits per heavy atom. The molecule has 0 aliphatic heterocycles. The summed E-state index contributed by atoms with van der Waals surface area (Å²) < 4.78 is 1.93. The fourth-order valence-electron chi connectivity index (χ4n) is 1.68. The highest BCUT2D eigenvalue weighted by molar-refractivity contribution is 5.01. The van der Waals surface area contributed by atoms with Crippen LogP contribution >= 0.6 is 0 Å². The molecule has 1 aliphatic carbocycles. The number of hydrogen-bond acceptors (Lipinski definition) is 3. The third-order valence-corrected chi connectivity index (χ3v) is 2.86. The van der Waals surface area contributed by atoms with Gasteiger partial charge in [-0.1, -0.05) is 0 Å². The van der Waals surface area contributed by atoms with Crippen LogP contribution in [0.2, 0.25) is 0 Å². The Kier molecular flexibility index (Phi) is 3.61. The molecule has 0 radical (unpaired) electrons. The first-order valence-electron chi connectivity index (χ1n) is 6.10. The molecule has 0 bridgehead atoms. The summed E-state index contributed by atoms with van der Waals surface area (Å²) in [5.41, 5.74) is 0.971. The van der Waals surface area contributed by atoms with Gasteiger partial charge in [0.15, 0.2) is 0 Å². The third-order valence-electron chi connectivity index (χ3n) is 2.86. The van der Waals surface area contributed by atoms with Gasteiger partial charge in [0, 0.05) is 31.2 Å². The zero-order valence-corrected chi connectivity index (χ0v) is 10.1. The maximum Gasteiger partial charge on any atom is 0.0720 e. The second-order valence-electron chi connectivity index (χ2n) is 4.92. The summed E-state index contributed by atoms with van der Waals surface area (Å²) in [6.45, 7) is 4.88. The van der Waals surface area contributed by atoms with E-state index in [4.69, 9.17) is 0 Å². The zero-order valence-electron chi connectivity index (χ0n) is 10.1. The zero-order chi connectivity index (χ0) is 11.5. The predicted octanol–water partition coefficient (Wildman–Crippen LogP) is 1.12. The first-order valence-corrected chi connectivity index (χ1v) is 6.10. The molecule has 1 heterocycles. The maximum atomic E-state index is 9.82. The van der Waals surface area contributed by atoms with E-state index in [1.165, 1.54) is 12.8 Å². The number of nitrogens with one attached hydrogen (secondary N) is 1. The normalized spacial score (nSPS) is 18.0. The van der Waals surface area contributed by atoms with Gasteiger partial charge >= 0.3 is 0 Å². The van der Waals surface area contributed by atoms with Crippen molar-refractivity contribution < 1.29 is 5.11 Å². The molecule has 16 heavy (non-hydrogen) atoms. The number of nitrogens with zero attached hydrogens (tertiary/aromatic N) is 2. The molecule has 0 amide bonds. The Labute approximate surface area is 96.7 Å². The van der Waals surface area contributed by atoms with Gasteiger partial charge in [-0.25, -0.2) is 0 Å². The van der Waals surface area contributed by atoms with Crippen molar-refractivity contribution in [3.8, 4) is 0 Å². The van der Waals surface area contributed by atoms with Crippen molar-refractivity contribution >= 4 is 0 Å². The highest BCUT2D eigenvalue weighted by atomic mass is 16.3. The largest absolute Gasteiger partial charge is 0.391 e. The molecule has 0 saturated heterocycles. The van der Waals surface area contributed by atoms with E-state index in [-0.39, 0.29) is 6.10 Å². The van der Waals surface area contributed by atoms with Crippen LogP contribution in [0.5, 0.6) is 0 Å². The van der Waals surface area contributed by atoms with E-state index in [1.807, 2.05) is 16.9 Å². The number of aliphatic hydroxyl groups excluding tert-OH is 1. The van der Waals surface area contributed by atoms with Crippen molar-refractivity contribution in [3.05, 3.63) is 18.0 Å². The lowest BCUT2D eigenvalue weighted by Crippen LogP contribution is -2.30. The Morgan fingerprint density at radius 2 is 2.31 bits per heavy atom. The summed E-state index contributed by atoms with van der Waals surface area (Å²) in [6.07, 6.45) is 4.81. The van der Waals surface area contributed by atoms with Crippen LogP contribution in [0.1, 0.15) is 38.4 Å². The van der Waals surface area contributed by atoms with E-state index in [0.29, 0.717) is 25.0 Å². The van der Waals surface area contributed by atoms with Crippen molar-refractivity contribution in [1.82, 2.24) is 15.1 Å². The lowest BCUT2D eigenvalue weighted by molar-refractivity contribution is 0.170. The Hall–Kier alpha value is -0.870. The molecule has 1 fully saturated rings. The molecule has 0 aromatic carbocycles. The minimum absolute atomic E-state index is 0.323. The molecule has 2 N–H and O–H groups in total. The van der Waals surface area contributed by atoms with Crippen LogP contribution in [0.25, 0.3) is 0 Å². The number of rotatable bonds is 6. The van der Waals surface area contributed by atoms with Crippen molar-refractivity contribution in [3.63, 3.8) is 0 Å². The SMILES string of the molecule is CC(C)n1ccc(CC(O)CNC2CC2)n1. The molecule has 1 atom stereocenters. The van der Waals surface area contributed by atoms with Crippen LogP contribution in [0.3, 0.4) is 0 Å². The number of hydrogen-bond donors (Lipinski definition) is 2. The summed E-state index contributed by atoms with van der Waals surface area (Å²) in [5, 5.41) is 17.6. The maximum absolute atomic E-state index is 9.82. The Morgan fingerprint density at radius 3 is 2.88 bits per heavy atom. The van der Waals surface area contributed by atoms with E-state index in [0.717, 1.165) is 5.69 Å². The first kappa shape index (κ1) is 11.6. The smallest absolute Gasteiger partial charge is 0.0720 e. The summed E-state index contributed by atoms with van der Waals surface area (Å²) in [7, 11) is 0. The number of aliphatic hydroxyl groups is 1. The van der Waals surface area contributed by atoms with Gasteiger partial charge in [0.25, 0.3) is 0 Å². The quantitative estimate of drug-likeness (QED) is 0.760. The predicted molar refractivity (Wildman–Crippen MR) is 63.3 cm³/mol. The van der Waals surface area contributed by atoms with Crippen LogP contribution < -0.4 is 5.32 Å².